The Bertz CT molecular complexity index is 389. The molecule has 1 rings (SSSR count). The molecule has 0 atom stereocenters. The van der Waals surface area contributed by atoms with Gasteiger partial charge in [0.15, 0.2) is 0 Å². The van der Waals surface area contributed by atoms with Crippen LogP contribution in [-0.4, -0.2) is 4.57 Å². The van der Waals surface area contributed by atoms with Crippen molar-refractivity contribution in [2.45, 2.75) is 130 Å². The second-order valence-electron chi connectivity index (χ2n) is 7.84. The third-order valence-corrected chi connectivity index (χ3v) is 5.29. The second kappa shape index (κ2) is 19.5. The van der Waals surface area contributed by atoms with Gasteiger partial charge in [-0.05, 0) is 25.7 Å². The van der Waals surface area contributed by atoms with Crippen LogP contribution in [0.25, 0.3) is 0 Å². The lowest BCUT2D eigenvalue weighted by atomic mass is 10.1. The number of nitrogens with zero attached hydrogens (tertiary/aromatic N) is 2. The lowest BCUT2D eigenvalue weighted by Crippen LogP contribution is -3.00. The van der Waals surface area contributed by atoms with E-state index >= 15 is 0 Å². The van der Waals surface area contributed by atoms with Gasteiger partial charge in [0.2, 0.25) is 6.33 Å². The van der Waals surface area contributed by atoms with Gasteiger partial charge in [0.05, 0.1) is 13.1 Å². The molecule has 1 aromatic rings. The Hall–Kier alpha value is -0.310. The molecule has 0 N–H and O–H groups in total. The maximum absolute atomic E-state index is 2.38. The quantitative estimate of drug-likeness (QED) is 0.246. The minimum atomic E-state index is 0. The van der Waals surface area contributed by atoms with Crippen molar-refractivity contribution in [3.63, 3.8) is 0 Å². The van der Waals surface area contributed by atoms with Crippen molar-refractivity contribution in [2.75, 3.05) is 0 Å². The van der Waals surface area contributed by atoms with Gasteiger partial charge in [0, 0.05) is 0 Å². The Morgan fingerprint density at radius 3 is 1.62 bits per heavy atom. The zero-order valence-electron chi connectivity index (χ0n) is 17.7. The van der Waals surface area contributed by atoms with Gasteiger partial charge in [-0.1, -0.05) is 90.9 Å². The second-order valence-corrected chi connectivity index (χ2v) is 7.84. The van der Waals surface area contributed by atoms with Gasteiger partial charge >= 0.3 is 0 Å². The highest BCUT2D eigenvalue weighted by atomic mass is 79.9. The summed E-state index contributed by atoms with van der Waals surface area (Å²) < 4.78 is 4.75. The molecule has 1 aromatic heterocycles. The third kappa shape index (κ3) is 14.8. The summed E-state index contributed by atoms with van der Waals surface area (Å²) in [4.78, 5) is 0. The molecule has 0 aliphatic heterocycles. The maximum atomic E-state index is 2.38. The first-order valence-electron chi connectivity index (χ1n) is 11.4. The smallest absolute Gasteiger partial charge is 0.243 e. The van der Waals surface area contributed by atoms with Gasteiger partial charge < -0.3 is 17.0 Å². The van der Waals surface area contributed by atoms with E-state index in [1.165, 1.54) is 116 Å². The molecule has 0 amide bonds. The van der Waals surface area contributed by atoms with Crippen molar-refractivity contribution < 1.29 is 21.5 Å². The molecule has 0 aromatic carbocycles. The first-order chi connectivity index (χ1) is 12.4. The average Bonchev–Trinajstić information content (AvgIpc) is 3.07. The summed E-state index contributed by atoms with van der Waals surface area (Å²) in [7, 11) is 0. The minimum Gasteiger partial charge on any atom is -1.00 e. The van der Waals surface area contributed by atoms with Gasteiger partial charge in [-0.2, -0.15) is 0 Å². The molecule has 0 spiro atoms. The summed E-state index contributed by atoms with van der Waals surface area (Å²) in [5.74, 6) is 0. The molecular formula is C23H45BrN2. The van der Waals surface area contributed by atoms with Crippen LogP contribution in [0.4, 0.5) is 0 Å². The van der Waals surface area contributed by atoms with Crippen LogP contribution >= 0.6 is 0 Å². The molecule has 0 bridgehead atoms. The summed E-state index contributed by atoms with van der Waals surface area (Å²) in [5.41, 5.74) is 0. The number of halogens is 1. The van der Waals surface area contributed by atoms with Crippen LogP contribution in [0.5, 0.6) is 0 Å². The van der Waals surface area contributed by atoms with E-state index < -0.39 is 0 Å². The summed E-state index contributed by atoms with van der Waals surface area (Å²) in [6.45, 7) is 6.96. The molecule has 0 aliphatic rings. The van der Waals surface area contributed by atoms with Crippen molar-refractivity contribution in [3.8, 4) is 0 Å². The topological polar surface area (TPSA) is 8.81 Å². The van der Waals surface area contributed by atoms with Crippen molar-refractivity contribution in [3.05, 3.63) is 18.7 Å². The zero-order valence-corrected chi connectivity index (χ0v) is 19.3. The van der Waals surface area contributed by atoms with Crippen LogP contribution in [0.2, 0.25) is 0 Å². The summed E-state index contributed by atoms with van der Waals surface area (Å²) in [6.07, 6.45) is 29.3. The Morgan fingerprint density at radius 1 is 0.615 bits per heavy atom. The molecule has 0 fully saturated rings. The monoisotopic (exact) mass is 428 g/mol. The summed E-state index contributed by atoms with van der Waals surface area (Å²) in [5, 5.41) is 0. The lowest BCUT2D eigenvalue weighted by molar-refractivity contribution is -0.696. The predicted molar refractivity (Wildman–Crippen MR) is 110 cm³/mol. The van der Waals surface area contributed by atoms with E-state index in [0.717, 1.165) is 0 Å². The summed E-state index contributed by atoms with van der Waals surface area (Å²) in [6, 6.07) is 0. The first kappa shape index (κ1) is 25.7. The number of aromatic nitrogens is 2. The minimum absolute atomic E-state index is 0. The molecule has 3 heteroatoms. The Balaban J connectivity index is 0.00000625. The highest BCUT2D eigenvalue weighted by Crippen LogP contribution is 2.10. The number of hydrogen-bond acceptors (Lipinski definition) is 0. The summed E-state index contributed by atoms with van der Waals surface area (Å²) >= 11 is 0. The first-order valence-corrected chi connectivity index (χ1v) is 11.4. The van der Waals surface area contributed by atoms with E-state index in [4.69, 9.17) is 0 Å². The van der Waals surface area contributed by atoms with E-state index in [0.29, 0.717) is 0 Å². The van der Waals surface area contributed by atoms with Crippen LogP contribution in [-0.2, 0) is 13.1 Å². The van der Waals surface area contributed by atoms with Crippen LogP contribution in [0.3, 0.4) is 0 Å². The van der Waals surface area contributed by atoms with Gasteiger partial charge in [0.1, 0.15) is 12.4 Å². The fraction of sp³-hybridized carbons (Fsp3) is 0.870. The molecule has 0 unspecified atom stereocenters. The SMILES string of the molecule is CCCCCCCCCCCC[n+]1ccn(CCCCCCCC)c1.[Br-]. The molecule has 0 radical (unpaired) electrons. The highest BCUT2D eigenvalue weighted by Gasteiger charge is 2.03. The van der Waals surface area contributed by atoms with Crippen LogP contribution in [0.15, 0.2) is 18.7 Å². The molecule has 0 aliphatic carbocycles. The van der Waals surface area contributed by atoms with Crippen molar-refractivity contribution >= 4 is 0 Å². The van der Waals surface area contributed by atoms with Gasteiger partial charge in [-0.15, -0.1) is 0 Å². The normalized spacial score (nSPS) is 10.8. The van der Waals surface area contributed by atoms with E-state index in [1.54, 1.807) is 0 Å². The van der Waals surface area contributed by atoms with Crippen molar-refractivity contribution in [2.24, 2.45) is 0 Å². The van der Waals surface area contributed by atoms with Gasteiger partial charge in [0.25, 0.3) is 0 Å². The van der Waals surface area contributed by atoms with Crippen LogP contribution in [0.1, 0.15) is 117 Å². The standard InChI is InChI=1S/C23H45N2.BrH/c1-3-5-7-9-11-12-13-14-16-18-20-25-22-21-24(23-25)19-17-15-10-8-6-4-2;/h21-23H,3-20H2,1-2H3;1H/q+1;/p-1. The third-order valence-electron chi connectivity index (χ3n) is 5.29. The van der Waals surface area contributed by atoms with Crippen molar-refractivity contribution in [1.82, 2.24) is 4.57 Å². The number of aryl methyl sites for hydroxylation is 2. The Labute approximate surface area is 174 Å². The molecule has 154 valence electrons. The lowest BCUT2D eigenvalue weighted by Gasteiger charge is -2.01. The maximum Gasteiger partial charge on any atom is 0.243 e. The van der Waals surface area contributed by atoms with E-state index in [1.807, 2.05) is 0 Å². The highest BCUT2D eigenvalue weighted by molar-refractivity contribution is 4.66. The fourth-order valence-electron chi connectivity index (χ4n) is 3.56. The molecule has 0 saturated carbocycles. The number of unbranched alkanes of at least 4 members (excludes halogenated alkanes) is 14. The van der Waals surface area contributed by atoms with Crippen LogP contribution in [0, 0.1) is 0 Å². The Kier molecular flexibility index (Phi) is 19.2. The van der Waals surface area contributed by atoms with E-state index in [9.17, 15) is 0 Å². The van der Waals surface area contributed by atoms with E-state index in [2.05, 4.69) is 41.7 Å². The van der Waals surface area contributed by atoms with E-state index in [-0.39, 0.29) is 17.0 Å². The Morgan fingerprint density at radius 2 is 1.08 bits per heavy atom. The van der Waals surface area contributed by atoms with Crippen LogP contribution < -0.4 is 21.5 Å². The zero-order chi connectivity index (χ0) is 18.0. The average molecular weight is 430 g/mol. The van der Waals surface area contributed by atoms with Gasteiger partial charge in [-0.3, -0.25) is 0 Å². The molecule has 26 heavy (non-hydrogen) atoms. The molecule has 1 heterocycles. The molecule has 2 nitrogen and oxygen atoms in total. The number of imidazole rings is 1. The molecule has 0 saturated heterocycles. The van der Waals surface area contributed by atoms with Gasteiger partial charge in [-0.25, -0.2) is 9.13 Å². The number of hydrogen-bond donors (Lipinski definition) is 0. The number of rotatable bonds is 18. The predicted octanol–water partition coefficient (Wildman–Crippen LogP) is 4.06. The van der Waals surface area contributed by atoms with Crippen molar-refractivity contribution in [1.29, 1.82) is 0 Å². The largest absolute Gasteiger partial charge is 1.00 e. The molecular weight excluding hydrogens is 384 g/mol. The fourth-order valence-corrected chi connectivity index (χ4v) is 3.56.